The Bertz CT molecular complexity index is 821. The van der Waals surface area contributed by atoms with E-state index in [1.807, 2.05) is 23.1 Å². The maximum atomic E-state index is 13.4. The maximum absolute atomic E-state index is 13.4. The quantitative estimate of drug-likeness (QED) is 0.808. The summed E-state index contributed by atoms with van der Waals surface area (Å²) in [4.78, 5) is 28.6. The van der Waals surface area contributed by atoms with Gasteiger partial charge in [-0.05, 0) is 35.7 Å². The fourth-order valence-electron chi connectivity index (χ4n) is 3.63. The van der Waals surface area contributed by atoms with Crippen LogP contribution in [0.25, 0.3) is 0 Å². The molecule has 24 heavy (non-hydrogen) atoms. The molecule has 0 bridgehead atoms. The zero-order valence-electron chi connectivity index (χ0n) is 13.1. The zero-order valence-corrected chi connectivity index (χ0v) is 13.1. The number of hydrogen-bond donors (Lipinski definition) is 0. The van der Waals surface area contributed by atoms with Crippen molar-refractivity contribution in [3.63, 3.8) is 0 Å². The molecule has 4 nitrogen and oxygen atoms in total. The van der Waals surface area contributed by atoms with E-state index in [9.17, 15) is 14.0 Å². The molecule has 0 spiro atoms. The molecule has 0 aromatic heterocycles. The fraction of sp³-hybridized carbons (Fsp3) is 0.263. The normalized spacial score (nSPS) is 19.7. The topological polar surface area (TPSA) is 40.6 Å². The minimum absolute atomic E-state index is 0.0496. The van der Waals surface area contributed by atoms with Gasteiger partial charge in [0.05, 0.1) is 6.04 Å². The van der Waals surface area contributed by atoms with Crippen LogP contribution in [0.1, 0.15) is 27.5 Å². The van der Waals surface area contributed by atoms with Crippen molar-refractivity contribution in [3.05, 3.63) is 71.0 Å². The molecule has 1 saturated heterocycles. The molecule has 2 aliphatic heterocycles. The Hall–Kier alpha value is -2.69. The summed E-state index contributed by atoms with van der Waals surface area (Å²) < 4.78 is 13.4. The number of hydrogen-bond acceptors (Lipinski definition) is 2. The van der Waals surface area contributed by atoms with Crippen molar-refractivity contribution in [2.24, 2.45) is 0 Å². The van der Waals surface area contributed by atoms with E-state index in [1.165, 1.54) is 28.7 Å². The smallest absolute Gasteiger partial charge is 0.254 e. The SMILES string of the molecule is O=C(c1cccc(F)c1)N1CC(=O)N2CCc3ccccc3[C@@H]2C1. The van der Waals surface area contributed by atoms with Gasteiger partial charge in [0, 0.05) is 18.7 Å². The summed E-state index contributed by atoms with van der Waals surface area (Å²) in [6, 6.07) is 13.5. The third-order valence-corrected chi connectivity index (χ3v) is 4.81. The van der Waals surface area contributed by atoms with Gasteiger partial charge in [0.1, 0.15) is 12.4 Å². The van der Waals surface area contributed by atoms with Crippen molar-refractivity contribution >= 4 is 11.8 Å². The standard InChI is InChI=1S/C19H17FN2O2/c20-15-6-3-5-14(10-15)19(24)21-11-17-16-7-2-1-4-13(16)8-9-22(17)18(23)12-21/h1-7,10,17H,8-9,11-12H2/t17-/m0/s1. The van der Waals surface area contributed by atoms with Crippen molar-refractivity contribution in [1.82, 2.24) is 9.80 Å². The van der Waals surface area contributed by atoms with E-state index in [2.05, 4.69) is 6.07 Å². The molecular formula is C19H17FN2O2. The Morgan fingerprint density at radius 3 is 2.79 bits per heavy atom. The van der Waals surface area contributed by atoms with Crippen LogP contribution in [0.5, 0.6) is 0 Å². The molecule has 2 aromatic rings. The molecule has 4 rings (SSSR count). The van der Waals surface area contributed by atoms with Gasteiger partial charge in [0.2, 0.25) is 5.91 Å². The first-order valence-electron chi connectivity index (χ1n) is 8.05. The Labute approximate surface area is 139 Å². The predicted octanol–water partition coefficient (Wildman–Crippen LogP) is 2.41. The van der Waals surface area contributed by atoms with Crippen LogP contribution < -0.4 is 0 Å². The Balaban J connectivity index is 1.65. The molecule has 2 aliphatic rings. The van der Waals surface area contributed by atoms with Gasteiger partial charge in [-0.25, -0.2) is 4.39 Å². The summed E-state index contributed by atoms with van der Waals surface area (Å²) in [6.45, 7) is 1.18. The Morgan fingerprint density at radius 1 is 1.12 bits per heavy atom. The number of amides is 2. The van der Waals surface area contributed by atoms with Gasteiger partial charge in [-0.15, -0.1) is 0 Å². The number of nitrogens with zero attached hydrogens (tertiary/aromatic N) is 2. The van der Waals surface area contributed by atoms with Crippen LogP contribution in [0, 0.1) is 5.82 Å². The predicted molar refractivity (Wildman–Crippen MR) is 86.9 cm³/mol. The molecule has 1 fully saturated rings. The Morgan fingerprint density at radius 2 is 1.96 bits per heavy atom. The van der Waals surface area contributed by atoms with Crippen molar-refractivity contribution < 1.29 is 14.0 Å². The van der Waals surface area contributed by atoms with Crippen LogP contribution in [0.3, 0.4) is 0 Å². The van der Waals surface area contributed by atoms with Crippen LogP contribution in [0.2, 0.25) is 0 Å². The fourth-order valence-corrected chi connectivity index (χ4v) is 3.63. The average Bonchev–Trinajstić information content (AvgIpc) is 2.61. The molecule has 0 saturated carbocycles. The molecule has 0 radical (unpaired) electrons. The van der Waals surface area contributed by atoms with E-state index < -0.39 is 5.82 Å². The van der Waals surface area contributed by atoms with Gasteiger partial charge in [-0.1, -0.05) is 30.3 Å². The van der Waals surface area contributed by atoms with Crippen molar-refractivity contribution in [2.75, 3.05) is 19.6 Å². The van der Waals surface area contributed by atoms with Crippen LogP contribution in [0.15, 0.2) is 48.5 Å². The van der Waals surface area contributed by atoms with Crippen LogP contribution in [0.4, 0.5) is 4.39 Å². The molecular weight excluding hydrogens is 307 g/mol. The monoisotopic (exact) mass is 324 g/mol. The first-order valence-corrected chi connectivity index (χ1v) is 8.05. The van der Waals surface area contributed by atoms with E-state index in [0.717, 1.165) is 12.0 Å². The lowest BCUT2D eigenvalue weighted by Crippen LogP contribution is -2.55. The minimum Gasteiger partial charge on any atom is -0.332 e. The second kappa shape index (κ2) is 5.74. The van der Waals surface area contributed by atoms with Gasteiger partial charge >= 0.3 is 0 Å². The van der Waals surface area contributed by atoms with Crippen molar-refractivity contribution in [3.8, 4) is 0 Å². The third-order valence-electron chi connectivity index (χ3n) is 4.81. The van der Waals surface area contributed by atoms with Gasteiger partial charge in [-0.2, -0.15) is 0 Å². The summed E-state index contributed by atoms with van der Waals surface area (Å²) in [5.41, 5.74) is 2.61. The lowest BCUT2D eigenvalue weighted by molar-refractivity contribution is -0.139. The largest absolute Gasteiger partial charge is 0.332 e. The van der Waals surface area contributed by atoms with E-state index in [1.54, 1.807) is 6.07 Å². The number of fused-ring (bicyclic) bond motifs is 3. The molecule has 122 valence electrons. The molecule has 1 atom stereocenters. The van der Waals surface area contributed by atoms with Crippen LogP contribution in [-0.2, 0) is 11.2 Å². The van der Waals surface area contributed by atoms with Crippen LogP contribution in [-0.4, -0.2) is 41.2 Å². The lowest BCUT2D eigenvalue weighted by Gasteiger charge is -2.44. The summed E-state index contributed by atoms with van der Waals surface area (Å²) in [5, 5.41) is 0. The summed E-state index contributed by atoms with van der Waals surface area (Å²) in [6.07, 6.45) is 0.844. The first-order chi connectivity index (χ1) is 11.6. The van der Waals surface area contributed by atoms with E-state index in [0.29, 0.717) is 13.1 Å². The highest BCUT2D eigenvalue weighted by Crippen LogP contribution is 2.33. The zero-order chi connectivity index (χ0) is 16.7. The van der Waals surface area contributed by atoms with E-state index in [-0.39, 0.29) is 30.0 Å². The summed E-state index contributed by atoms with van der Waals surface area (Å²) in [7, 11) is 0. The third kappa shape index (κ3) is 2.46. The van der Waals surface area contributed by atoms with E-state index in [4.69, 9.17) is 0 Å². The molecule has 0 aliphatic carbocycles. The molecule has 2 heterocycles. The number of piperazine rings is 1. The second-order valence-electron chi connectivity index (χ2n) is 6.25. The number of benzene rings is 2. The molecule has 2 amide bonds. The maximum Gasteiger partial charge on any atom is 0.254 e. The molecule has 5 heteroatoms. The van der Waals surface area contributed by atoms with Gasteiger partial charge in [0.15, 0.2) is 0 Å². The van der Waals surface area contributed by atoms with E-state index >= 15 is 0 Å². The summed E-state index contributed by atoms with van der Waals surface area (Å²) in [5.74, 6) is -0.801. The summed E-state index contributed by atoms with van der Waals surface area (Å²) >= 11 is 0. The number of carbonyl (C=O) groups is 2. The number of rotatable bonds is 1. The van der Waals surface area contributed by atoms with Gasteiger partial charge in [-0.3, -0.25) is 9.59 Å². The van der Waals surface area contributed by atoms with Gasteiger partial charge in [0.25, 0.3) is 5.91 Å². The molecule has 2 aromatic carbocycles. The first kappa shape index (κ1) is 14.9. The minimum atomic E-state index is -0.450. The Kier molecular flexibility index (Phi) is 3.56. The van der Waals surface area contributed by atoms with Crippen molar-refractivity contribution in [1.29, 1.82) is 0 Å². The highest BCUT2D eigenvalue weighted by atomic mass is 19.1. The highest BCUT2D eigenvalue weighted by Gasteiger charge is 2.38. The lowest BCUT2D eigenvalue weighted by atomic mass is 9.90. The number of halogens is 1. The van der Waals surface area contributed by atoms with Crippen LogP contribution >= 0.6 is 0 Å². The van der Waals surface area contributed by atoms with Gasteiger partial charge < -0.3 is 9.80 Å². The molecule has 0 unspecified atom stereocenters. The van der Waals surface area contributed by atoms with Crippen molar-refractivity contribution in [2.45, 2.75) is 12.5 Å². The average molecular weight is 324 g/mol. The second-order valence-corrected chi connectivity index (χ2v) is 6.25. The molecule has 0 N–H and O–H groups in total. The number of carbonyl (C=O) groups excluding carboxylic acids is 2. The highest BCUT2D eigenvalue weighted by molar-refractivity contribution is 5.97.